The summed E-state index contributed by atoms with van der Waals surface area (Å²) >= 11 is 0. The van der Waals surface area contributed by atoms with Crippen LogP contribution in [0.4, 0.5) is 17.5 Å². The van der Waals surface area contributed by atoms with Gasteiger partial charge < -0.3 is 58.9 Å². The zero-order valence-electron chi connectivity index (χ0n) is 50.7. The van der Waals surface area contributed by atoms with E-state index in [9.17, 15) is 14.4 Å². The second-order valence-corrected chi connectivity index (χ2v) is 16.6. The molecule has 0 saturated carbocycles. The van der Waals surface area contributed by atoms with Crippen LogP contribution < -0.4 is 14.7 Å². The molecule has 0 spiro atoms. The molecule has 0 unspecified atom stereocenters. The molecule has 0 aliphatic carbocycles. The summed E-state index contributed by atoms with van der Waals surface area (Å²) in [5.74, 6) is -4.03. The van der Waals surface area contributed by atoms with Crippen molar-refractivity contribution in [3.05, 3.63) is 90.0 Å². The summed E-state index contributed by atoms with van der Waals surface area (Å²) in [5, 5.41) is 2.21. The Hall–Kier alpha value is -7.86. The number of carbonyl (C=O) groups is 3. The standard InChI is InChI=1S/3C16H20N6O/c3*1-11-5-7-22(14(23)8-17-2)9-13(11)21(3)16-12-4-6-18-15(12)19-10-20-16/h3*4,6,10-11,13H,5,7-9H2,1,3H3,(H,18,19,20)/t3*11-,13+/m111/s1/i1D3,8D2,11D;8D2,13D;8D2,11D. The van der Waals surface area contributed by atoms with Crippen molar-refractivity contribution in [3.63, 3.8) is 0 Å². The summed E-state index contributed by atoms with van der Waals surface area (Å²) in [6, 6.07) is 2.79. The molecule has 360 valence electrons. The number of aromatic nitrogens is 9. The predicted octanol–water partition coefficient (Wildman–Crippen LogP) is 4.65. The SMILES string of the molecule is [2H]C([2H])([N+]#[C-])C(=O)N1CC[C@@H](C)[C@@]([2H])(N(C)c2ncnc3[nH]ccc23)C1.[2H]C([2H])([N+]#[C-])C(=O)N1CC[C@@]([2H])(C([2H])([2H])[2H])[C@@H](N(C)c2ncnc3[nH]ccc23)C1.[2H]C([2H])([N+]#[C-])C(=O)N1CC[C@@]([2H])(C)[C@@H](N(C)c2ncnc3[nH]ccc23)C1. The molecule has 9 heterocycles. The van der Waals surface area contributed by atoms with Crippen LogP contribution in [0.25, 0.3) is 47.6 Å². The third kappa shape index (κ3) is 11.0. The van der Waals surface area contributed by atoms with Gasteiger partial charge >= 0.3 is 17.7 Å². The average molecular weight is 949 g/mol. The molecule has 21 nitrogen and oxygen atoms in total. The molecular formula is C48H60N18O3. The first-order chi connectivity index (χ1) is 37.8. The molecule has 3 N–H and O–H groups in total. The summed E-state index contributed by atoms with van der Waals surface area (Å²) in [4.78, 5) is 88.7. The fourth-order valence-electron chi connectivity index (χ4n) is 8.69. The number of hydrogen-bond acceptors (Lipinski definition) is 12. The summed E-state index contributed by atoms with van der Waals surface area (Å²) in [6.45, 7) is 14.3. The minimum atomic E-state index is -2.74. The number of nitrogens with one attached hydrogen (secondary N) is 3. The molecule has 3 aliphatic heterocycles. The van der Waals surface area contributed by atoms with Gasteiger partial charge in [-0.25, -0.2) is 49.6 Å². The molecule has 0 radical (unpaired) electrons. The topological polar surface area (TPSA) is 208 Å². The number of likely N-dealkylation sites (tertiary alicyclic amines) is 3. The van der Waals surface area contributed by atoms with E-state index < -0.39 is 74.0 Å². The number of piperidine rings is 3. The first-order valence-corrected chi connectivity index (χ1v) is 21.9. The number of H-pyrrole nitrogens is 3. The number of hydrogen-bond donors (Lipinski definition) is 3. The van der Waals surface area contributed by atoms with Crippen LogP contribution >= 0.6 is 0 Å². The number of amides is 3. The quantitative estimate of drug-likeness (QED) is 0.169. The second-order valence-electron chi connectivity index (χ2n) is 16.6. The van der Waals surface area contributed by atoms with Crippen LogP contribution in [0.15, 0.2) is 55.8 Å². The lowest BCUT2D eigenvalue weighted by Crippen LogP contribution is -2.53. The molecule has 3 aliphatic rings. The Morgan fingerprint density at radius 2 is 1.00 bits per heavy atom. The van der Waals surface area contributed by atoms with E-state index >= 15 is 0 Å². The van der Waals surface area contributed by atoms with Gasteiger partial charge in [-0.15, -0.1) is 0 Å². The summed E-state index contributed by atoms with van der Waals surface area (Å²) in [7, 11) is 5.14. The van der Waals surface area contributed by atoms with Crippen LogP contribution in [-0.4, -0.2) is 175 Å². The van der Waals surface area contributed by atoms with Gasteiger partial charge in [0.1, 0.15) is 61.6 Å². The van der Waals surface area contributed by atoms with Crippen LogP contribution in [0, 0.1) is 37.4 Å². The van der Waals surface area contributed by atoms with Crippen LogP contribution in [0.1, 0.15) is 56.4 Å². The van der Waals surface area contributed by atoms with Gasteiger partial charge in [0.15, 0.2) is 0 Å². The van der Waals surface area contributed by atoms with E-state index in [1.54, 1.807) is 50.6 Å². The highest BCUT2D eigenvalue weighted by atomic mass is 16.2. The number of rotatable bonds is 9. The first-order valence-electron chi connectivity index (χ1n) is 27.9. The Kier molecular flexibility index (Phi) is 11.4. The Bertz CT molecular complexity index is 3430. The van der Waals surface area contributed by atoms with Gasteiger partial charge in [-0.1, -0.05) is 20.7 Å². The number of aromatic amines is 3. The van der Waals surface area contributed by atoms with Crippen molar-refractivity contribution >= 4 is 68.3 Å². The van der Waals surface area contributed by atoms with Crippen LogP contribution in [-0.2, 0) is 14.4 Å². The van der Waals surface area contributed by atoms with E-state index in [0.29, 0.717) is 59.2 Å². The molecule has 69 heavy (non-hydrogen) atoms. The fourth-order valence-corrected chi connectivity index (χ4v) is 8.69. The maximum Gasteiger partial charge on any atom is 0.302 e. The van der Waals surface area contributed by atoms with Crippen molar-refractivity contribution in [2.75, 3.05) is 94.6 Å². The normalized spacial score (nSPS) is 27.7. The van der Waals surface area contributed by atoms with Crippen molar-refractivity contribution in [2.45, 2.75) is 58.1 Å². The molecule has 6 atom stereocenters. The van der Waals surface area contributed by atoms with E-state index in [1.807, 2.05) is 31.0 Å². The number of carbonyl (C=O) groups excluding carboxylic acids is 3. The van der Waals surface area contributed by atoms with E-state index in [-0.39, 0.29) is 45.1 Å². The Balaban J connectivity index is 0.000000176. The molecular weight excluding hydrogens is 877 g/mol. The minimum absolute atomic E-state index is 0.00551. The van der Waals surface area contributed by atoms with Crippen molar-refractivity contribution in [1.29, 1.82) is 0 Å². The molecule has 3 saturated heterocycles. The van der Waals surface area contributed by atoms with Crippen LogP contribution in [0.5, 0.6) is 0 Å². The second kappa shape index (κ2) is 22.3. The lowest BCUT2D eigenvalue weighted by molar-refractivity contribution is -0.131. The van der Waals surface area contributed by atoms with E-state index in [4.69, 9.17) is 36.2 Å². The van der Waals surface area contributed by atoms with Gasteiger partial charge in [0.25, 0.3) is 19.5 Å². The summed E-state index contributed by atoms with van der Waals surface area (Å²) in [5.41, 5.74) is 1.88. The minimum Gasteiger partial charge on any atom is -0.354 e. The van der Waals surface area contributed by atoms with Crippen LogP contribution in [0.2, 0.25) is 0 Å². The van der Waals surface area contributed by atoms with Gasteiger partial charge in [0.2, 0.25) is 0 Å². The van der Waals surface area contributed by atoms with E-state index in [2.05, 4.69) is 59.4 Å². The number of likely N-dealkylation sites (N-methyl/N-ethyl adjacent to an activating group) is 3. The summed E-state index contributed by atoms with van der Waals surface area (Å²) in [6.07, 6.45) is 10.1. The van der Waals surface area contributed by atoms with Gasteiger partial charge in [-0.2, -0.15) is 0 Å². The Labute approximate surface area is 418 Å². The Morgan fingerprint density at radius 3 is 1.42 bits per heavy atom. The number of anilines is 3. The summed E-state index contributed by atoms with van der Waals surface area (Å²) < 4.78 is 95.8. The molecule has 6 aromatic heterocycles. The van der Waals surface area contributed by atoms with Crippen molar-refractivity contribution in [1.82, 2.24) is 59.6 Å². The largest absolute Gasteiger partial charge is 0.354 e. The number of fused-ring (bicyclic) bond motifs is 3. The smallest absolute Gasteiger partial charge is 0.302 e. The predicted molar refractivity (Wildman–Crippen MR) is 264 cm³/mol. The Morgan fingerprint density at radius 1 is 0.623 bits per heavy atom. The molecule has 0 aromatic carbocycles. The zero-order chi connectivity index (χ0) is 59.8. The molecule has 3 amide bonds. The molecule has 3 fully saturated rings. The number of nitrogens with zero attached hydrogens (tertiary/aromatic N) is 15. The molecule has 21 heteroatoms. The molecule has 6 aromatic rings. The van der Waals surface area contributed by atoms with E-state index in [0.717, 1.165) is 15.7 Å². The monoisotopic (exact) mass is 949 g/mol. The van der Waals surface area contributed by atoms with Crippen LogP contribution in [0.3, 0.4) is 0 Å². The average Bonchev–Trinajstić information content (AvgIpc) is 4.30. The highest BCUT2D eigenvalue weighted by Gasteiger charge is 2.36. The maximum absolute atomic E-state index is 12.5. The molecule has 0 bridgehead atoms. The highest BCUT2D eigenvalue weighted by molar-refractivity contribution is 5.89. The van der Waals surface area contributed by atoms with E-state index in [1.165, 1.54) is 33.7 Å². The lowest BCUT2D eigenvalue weighted by Gasteiger charge is -2.41. The maximum atomic E-state index is 12.5. The lowest BCUT2D eigenvalue weighted by atomic mass is 9.92. The third-order valence-electron chi connectivity index (χ3n) is 12.6. The molecule has 9 rings (SSSR count). The van der Waals surface area contributed by atoms with Crippen molar-refractivity contribution < 1.29 is 30.8 Å². The fraction of sp³-hybridized carbons (Fsp3) is 0.500. The van der Waals surface area contributed by atoms with Crippen molar-refractivity contribution in [3.8, 4) is 0 Å². The van der Waals surface area contributed by atoms with Gasteiger partial charge in [0.05, 0.1) is 35.6 Å². The van der Waals surface area contributed by atoms with Gasteiger partial charge in [0, 0.05) is 85.9 Å². The van der Waals surface area contributed by atoms with Gasteiger partial charge in [-0.05, 0) is 55.2 Å². The van der Waals surface area contributed by atoms with Gasteiger partial charge in [-0.3, -0.25) is 14.4 Å². The third-order valence-corrected chi connectivity index (χ3v) is 12.6. The van der Waals surface area contributed by atoms with Crippen molar-refractivity contribution in [2.24, 2.45) is 17.7 Å². The zero-order valence-corrected chi connectivity index (χ0v) is 38.7. The highest BCUT2D eigenvalue weighted by Crippen LogP contribution is 2.31. The first kappa shape index (κ1) is 35.3.